The third kappa shape index (κ3) is 5.13. The third-order valence-electron chi connectivity index (χ3n) is 3.92. The van der Waals surface area contributed by atoms with E-state index in [9.17, 15) is 9.90 Å². The van der Waals surface area contributed by atoms with E-state index < -0.39 is 6.10 Å². The molecule has 0 saturated carbocycles. The van der Waals surface area contributed by atoms with Gasteiger partial charge in [-0.3, -0.25) is 0 Å². The number of furan rings is 1. The Morgan fingerprint density at radius 1 is 1.17 bits per heavy atom. The summed E-state index contributed by atoms with van der Waals surface area (Å²) in [5.74, 6) is 0.507. The van der Waals surface area contributed by atoms with E-state index in [2.05, 4.69) is 28.8 Å². The van der Waals surface area contributed by atoms with Gasteiger partial charge in [0.05, 0.1) is 12.3 Å². The van der Waals surface area contributed by atoms with E-state index in [1.54, 1.807) is 12.1 Å². The zero-order valence-electron chi connectivity index (χ0n) is 14.7. The van der Waals surface area contributed by atoms with Crippen molar-refractivity contribution in [3.8, 4) is 0 Å². The first kappa shape index (κ1) is 18.1. The standard InChI is InChI=1S/C19H26N2O3/c1-12-8-13(2)10-16(9-12)15(4)21-19(23)20-14(3)11-17(22)18-6-5-7-24-18/h5-10,14-15,17,22H,11H2,1-4H3,(H2,20,21,23). The molecule has 5 heteroatoms. The second-order valence-corrected chi connectivity index (χ2v) is 6.43. The fourth-order valence-corrected chi connectivity index (χ4v) is 2.80. The molecular formula is C19H26N2O3. The highest BCUT2D eigenvalue weighted by Crippen LogP contribution is 2.19. The Balaban J connectivity index is 1.85. The number of hydrogen-bond acceptors (Lipinski definition) is 3. The summed E-state index contributed by atoms with van der Waals surface area (Å²) in [7, 11) is 0. The topological polar surface area (TPSA) is 74.5 Å². The predicted octanol–water partition coefficient (Wildman–Crippen LogP) is 3.77. The highest BCUT2D eigenvalue weighted by Gasteiger charge is 2.17. The Kier molecular flexibility index (Phi) is 6.04. The van der Waals surface area contributed by atoms with Crippen LogP contribution in [0, 0.1) is 13.8 Å². The van der Waals surface area contributed by atoms with Crippen LogP contribution in [0.25, 0.3) is 0 Å². The maximum absolute atomic E-state index is 12.1. The number of aliphatic hydroxyl groups excluding tert-OH is 1. The number of benzene rings is 1. The smallest absolute Gasteiger partial charge is 0.315 e. The van der Waals surface area contributed by atoms with E-state index >= 15 is 0 Å². The SMILES string of the molecule is Cc1cc(C)cc(C(C)NC(=O)NC(C)CC(O)c2ccco2)c1. The number of nitrogens with one attached hydrogen (secondary N) is 2. The second-order valence-electron chi connectivity index (χ2n) is 6.43. The minimum Gasteiger partial charge on any atom is -0.467 e. The van der Waals surface area contributed by atoms with Gasteiger partial charge in [0.2, 0.25) is 0 Å². The molecule has 3 unspecified atom stereocenters. The van der Waals surface area contributed by atoms with Crippen LogP contribution in [0.2, 0.25) is 0 Å². The van der Waals surface area contributed by atoms with Crippen molar-refractivity contribution >= 4 is 6.03 Å². The van der Waals surface area contributed by atoms with Crippen LogP contribution < -0.4 is 10.6 Å². The molecule has 0 aliphatic rings. The van der Waals surface area contributed by atoms with Gasteiger partial charge >= 0.3 is 6.03 Å². The number of aryl methyl sites for hydroxylation is 2. The van der Waals surface area contributed by atoms with Crippen molar-refractivity contribution < 1.29 is 14.3 Å². The Hall–Kier alpha value is -2.27. The predicted molar refractivity (Wildman–Crippen MR) is 93.7 cm³/mol. The van der Waals surface area contributed by atoms with Crippen LogP contribution >= 0.6 is 0 Å². The Labute approximate surface area is 143 Å². The van der Waals surface area contributed by atoms with Gasteiger partial charge in [0.15, 0.2) is 0 Å². The van der Waals surface area contributed by atoms with Crippen molar-refractivity contribution in [1.82, 2.24) is 10.6 Å². The minimum absolute atomic E-state index is 0.0919. The summed E-state index contributed by atoms with van der Waals surface area (Å²) >= 11 is 0. The van der Waals surface area contributed by atoms with Gasteiger partial charge < -0.3 is 20.2 Å². The summed E-state index contributed by atoms with van der Waals surface area (Å²) in [4.78, 5) is 12.1. The molecule has 0 bridgehead atoms. The summed E-state index contributed by atoms with van der Waals surface area (Å²) in [6, 6.07) is 9.18. The first-order valence-corrected chi connectivity index (χ1v) is 8.22. The molecule has 24 heavy (non-hydrogen) atoms. The number of rotatable bonds is 6. The van der Waals surface area contributed by atoms with Gasteiger partial charge in [-0.15, -0.1) is 0 Å². The van der Waals surface area contributed by atoms with E-state index in [4.69, 9.17) is 4.42 Å². The summed E-state index contributed by atoms with van der Waals surface area (Å²) in [5.41, 5.74) is 3.42. The lowest BCUT2D eigenvalue weighted by atomic mass is 10.0. The fraction of sp³-hybridized carbons (Fsp3) is 0.421. The molecule has 2 aromatic rings. The lowest BCUT2D eigenvalue weighted by Crippen LogP contribution is -2.42. The molecule has 3 N–H and O–H groups in total. The van der Waals surface area contributed by atoms with Gasteiger partial charge in [-0.1, -0.05) is 29.3 Å². The number of carbonyl (C=O) groups excluding carboxylic acids is 1. The number of amides is 2. The summed E-state index contributed by atoms with van der Waals surface area (Å²) in [6.45, 7) is 7.89. The normalized spacial score (nSPS) is 14.7. The zero-order valence-corrected chi connectivity index (χ0v) is 14.7. The molecule has 5 nitrogen and oxygen atoms in total. The van der Waals surface area contributed by atoms with Crippen molar-refractivity contribution in [2.75, 3.05) is 0 Å². The molecule has 2 rings (SSSR count). The highest BCUT2D eigenvalue weighted by molar-refractivity contribution is 5.74. The fourth-order valence-electron chi connectivity index (χ4n) is 2.80. The van der Waals surface area contributed by atoms with E-state index in [-0.39, 0.29) is 18.1 Å². The van der Waals surface area contributed by atoms with Gasteiger partial charge in [0.1, 0.15) is 11.9 Å². The maximum Gasteiger partial charge on any atom is 0.315 e. The monoisotopic (exact) mass is 330 g/mol. The molecule has 0 aliphatic carbocycles. The van der Waals surface area contributed by atoms with E-state index in [0.29, 0.717) is 12.2 Å². The van der Waals surface area contributed by atoms with Gasteiger partial charge in [-0.25, -0.2) is 4.79 Å². The average Bonchev–Trinajstić information content (AvgIpc) is 2.99. The summed E-state index contributed by atoms with van der Waals surface area (Å²) in [6.07, 6.45) is 1.18. The van der Waals surface area contributed by atoms with Crippen molar-refractivity contribution in [1.29, 1.82) is 0 Å². The molecule has 0 saturated heterocycles. The molecule has 1 heterocycles. The molecule has 1 aromatic heterocycles. The van der Waals surface area contributed by atoms with Crippen molar-refractivity contribution in [2.24, 2.45) is 0 Å². The Bertz CT molecular complexity index is 647. The van der Waals surface area contributed by atoms with Crippen molar-refractivity contribution in [2.45, 2.75) is 52.3 Å². The third-order valence-corrected chi connectivity index (χ3v) is 3.92. The number of carbonyl (C=O) groups is 1. The van der Waals surface area contributed by atoms with Crippen LogP contribution in [0.15, 0.2) is 41.0 Å². The lowest BCUT2D eigenvalue weighted by molar-refractivity contribution is 0.129. The van der Waals surface area contributed by atoms with Gasteiger partial charge in [-0.2, -0.15) is 0 Å². The molecular weight excluding hydrogens is 304 g/mol. The summed E-state index contributed by atoms with van der Waals surface area (Å²) < 4.78 is 5.17. The van der Waals surface area contributed by atoms with Crippen LogP contribution in [-0.2, 0) is 0 Å². The number of aliphatic hydroxyl groups is 1. The molecule has 130 valence electrons. The molecule has 2 amide bonds. The molecule has 0 aliphatic heterocycles. The summed E-state index contributed by atoms with van der Waals surface area (Å²) in [5, 5.41) is 15.8. The van der Waals surface area contributed by atoms with E-state index in [1.165, 1.54) is 17.4 Å². The minimum atomic E-state index is -0.729. The first-order chi connectivity index (χ1) is 11.3. The molecule has 0 radical (unpaired) electrons. The van der Waals surface area contributed by atoms with Crippen LogP contribution in [0.5, 0.6) is 0 Å². The van der Waals surface area contributed by atoms with Gasteiger partial charge in [0, 0.05) is 12.5 Å². The second kappa shape index (κ2) is 8.02. The van der Waals surface area contributed by atoms with Gasteiger partial charge in [0.25, 0.3) is 0 Å². The molecule has 3 atom stereocenters. The van der Waals surface area contributed by atoms with Crippen LogP contribution in [0.4, 0.5) is 4.79 Å². The zero-order chi connectivity index (χ0) is 17.7. The number of hydrogen-bond donors (Lipinski definition) is 3. The quantitative estimate of drug-likeness (QED) is 0.755. The molecule has 1 aromatic carbocycles. The van der Waals surface area contributed by atoms with Crippen LogP contribution in [0.3, 0.4) is 0 Å². The van der Waals surface area contributed by atoms with E-state index in [1.807, 2.05) is 27.7 Å². The molecule has 0 fully saturated rings. The van der Waals surface area contributed by atoms with Crippen molar-refractivity contribution in [3.63, 3.8) is 0 Å². The molecule has 0 spiro atoms. The average molecular weight is 330 g/mol. The van der Waals surface area contributed by atoms with Crippen LogP contribution in [0.1, 0.15) is 54.9 Å². The van der Waals surface area contributed by atoms with E-state index in [0.717, 1.165) is 5.56 Å². The lowest BCUT2D eigenvalue weighted by Gasteiger charge is -2.20. The Morgan fingerprint density at radius 3 is 2.42 bits per heavy atom. The maximum atomic E-state index is 12.1. The largest absolute Gasteiger partial charge is 0.467 e. The van der Waals surface area contributed by atoms with Crippen molar-refractivity contribution in [3.05, 3.63) is 59.0 Å². The van der Waals surface area contributed by atoms with Crippen LogP contribution in [-0.4, -0.2) is 17.2 Å². The Morgan fingerprint density at radius 2 is 1.83 bits per heavy atom. The first-order valence-electron chi connectivity index (χ1n) is 8.22. The number of urea groups is 1. The highest BCUT2D eigenvalue weighted by atomic mass is 16.4. The van der Waals surface area contributed by atoms with Gasteiger partial charge in [-0.05, 0) is 45.4 Å².